The highest BCUT2D eigenvalue weighted by Crippen LogP contribution is 2.33. The van der Waals surface area contributed by atoms with Gasteiger partial charge in [0.25, 0.3) is 0 Å². The van der Waals surface area contributed by atoms with Gasteiger partial charge in [0.15, 0.2) is 0 Å². The van der Waals surface area contributed by atoms with Crippen LogP contribution in [0.1, 0.15) is 29.3 Å². The number of hydrogen-bond acceptors (Lipinski definition) is 4. The standard InChI is InChI=1S/C18H22N4OS/c1-12-9-17(21(2)20-12)22-8-7-15(18(22)23)19-16-11-24-10-13-5-3-4-6-14(13)16/h3-6,9,15-16,19H,7-8,10-11H2,1-2H3/t15-,16+/m1/s1. The molecule has 2 aliphatic heterocycles. The topological polar surface area (TPSA) is 50.2 Å². The third kappa shape index (κ3) is 2.74. The monoisotopic (exact) mass is 342 g/mol. The predicted molar refractivity (Wildman–Crippen MR) is 97.2 cm³/mol. The second-order valence-electron chi connectivity index (χ2n) is 6.53. The zero-order valence-electron chi connectivity index (χ0n) is 14.0. The maximum Gasteiger partial charge on any atom is 0.245 e. The van der Waals surface area contributed by atoms with E-state index in [1.807, 2.05) is 36.7 Å². The lowest BCUT2D eigenvalue weighted by molar-refractivity contribution is -0.119. The van der Waals surface area contributed by atoms with Crippen molar-refractivity contribution in [1.29, 1.82) is 0 Å². The zero-order valence-corrected chi connectivity index (χ0v) is 14.8. The van der Waals surface area contributed by atoms with E-state index in [2.05, 4.69) is 34.7 Å². The fourth-order valence-corrected chi connectivity index (χ4v) is 4.79. The molecule has 1 aromatic heterocycles. The quantitative estimate of drug-likeness (QED) is 0.931. The van der Waals surface area contributed by atoms with Gasteiger partial charge in [0, 0.05) is 37.2 Å². The van der Waals surface area contributed by atoms with Gasteiger partial charge in [-0.15, -0.1) is 0 Å². The summed E-state index contributed by atoms with van der Waals surface area (Å²) < 4.78 is 1.79. The molecule has 2 aliphatic rings. The molecule has 1 saturated heterocycles. The van der Waals surface area contributed by atoms with Crippen molar-refractivity contribution in [2.45, 2.75) is 31.2 Å². The fraction of sp³-hybridized carbons (Fsp3) is 0.444. The maximum absolute atomic E-state index is 12.9. The van der Waals surface area contributed by atoms with Crippen LogP contribution in [0.15, 0.2) is 30.3 Å². The fourth-order valence-electron chi connectivity index (χ4n) is 3.67. The molecule has 0 aliphatic carbocycles. The van der Waals surface area contributed by atoms with Crippen LogP contribution in [0.2, 0.25) is 0 Å². The average molecular weight is 342 g/mol. The van der Waals surface area contributed by atoms with Crippen LogP contribution in [0.4, 0.5) is 5.82 Å². The van der Waals surface area contributed by atoms with E-state index in [9.17, 15) is 4.79 Å². The Morgan fingerprint density at radius 2 is 2.12 bits per heavy atom. The van der Waals surface area contributed by atoms with E-state index in [4.69, 9.17) is 0 Å². The Morgan fingerprint density at radius 3 is 2.92 bits per heavy atom. The largest absolute Gasteiger partial charge is 0.298 e. The molecule has 0 unspecified atom stereocenters. The van der Waals surface area contributed by atoms with Crippen LogP contribution in [0, 0.1) is 6.92 Å². The molecular formula is C18H22N4OS. The third-order valence-corrected chi connectivity index (χ3v) is 5.92. The predicted octanol–water partition coefficient (Wildman–Crippen LogP) is 2.41. The van der Waals surface area contributed by atoms with E-state index in [0.717, 1.165) is 36.0 Å². The molecule has 24 heavy (non-hydrogen) atoms. The molecule has 0 saturated carbocycles. The minimum absolute atomic E-state index is 0.114. The number of thioether (sulfide) groups is 1. The summed E-state index contributed by atoms with van der Waals surface area (Å²) in [5.74, 6) is 3.13. The lowest BCUT2D eigenvalue weighted by Crippen LogP contribution is -2.42. The van der Waals surface area contributed by atoms with E-state index in [1.54, 1.807) is 4.68 Å². The number of nitrogens with one attached hydrogen (secondary N) is 1. The minimum Gasteiger partial charge on any atom is -0.298 e. The van der Waals surface area contributed by atoms with Gasteiger partial charge in [-0.05, 0) is 24.5 Å². The van der Waals surface area contributed by atoms with E-state index >= 15 is 0 Å². The molecule has 0 spiro atoms. The number of fused-ring (bicyclic) bond motifs is 1. The Morgan fingerprint density at radius 1 is 1.29 bits per heavy atom. The second kappa shape index (κ2) is 6.26. The third-order valence-electron chi connectivity index (χ3n) is 4.83. The normalized spacial score (nSPS) is 23.6. The van der Waals surface area contributed by atoms with Crippen LogP contribution >= 0.6 is 11.8 Å². The van der Waals surface area contributed by atoms with Gasteiger partial charge in [0.05, 0.1) is 11.7 Å². The van der Waals surface area contributed by atoms with Gasteiger partial charge in [-0.25, -0.2) is 0 Å². The summed E-state index contributed by atoms with van der Waals surface area (Å²) >= 11 is 1.93. The molecule has 3 heterocycles. The molecule has 2 aromatic rings. The van der Waals surface area contributed by atoms with Crippen LogP contribution in [-0.2, 0) is 17.6 Å². The van der Waals surface area contributed by atoms with Crippen molar-refractivity contribution in [2.24, 2.45) is 7.05 Å². The van der Waals surface area contributed by atoms with Gasteiger partial charge >= 0.3 is 0 Å². The van der Waals surface area contributed by atoms with Crippen molar-refractivity contribution in [3.05, 3.63) is 47.2 Å². The van der Waals surface area contributed by atoms with Crippen molar-refractivity contribution >= 4 is 23.5 Å². The van der Waals surface area contributed by atoms with Crippen LogP contribution in [0.5, 0.6) is 0 Å². The van der Waals surface area contributed by atoms with Gasteiger partial charge in [-0.2, -0.15) is 16.9 Å². The van der Waals surface area contributed by atoms with Crippen LogP contribution in [-0.4, -0.2) is 34.0 Å². The Balaban J connectivity index is 1.51. The van der Waals surface area contributed by atoms with Gasteiger partial charge < -0.3 is 0 Å². The summed E-state index contributed by atoms with van der Waals surface area (Å²) in [4.78, 5) is 14.7. The number of rotatable bonds is 3. The average Bonchev–Trinajstić information content (AvgIpc) is 3.10. The number of nitrogens with zero attached hydrogens (tertiary/aromatic N) is 3. The molecule has 126 valence electrons. The van der Waals surface area contributed by atoms with Crippen molar-refractivity contribution in [3.8, 4) is 0 Å². The Kier molecular flexibility index (Phi) is 4.10. The van der Waals surface area contributed by atoms with Gasteiger partial charge in [0.1, 0.15) is 5.82 Å². The number of aromatic nitrogens is 2. The summed E-state index contributed by atoms with van der Waals surface area (Å²) in [5, 5.41) is 7.97. The maximum atomic E-state index is 12.9. The molecule has 1 fully saturated rings. The van der Waals surface area contributed by atoms with Crippen molar-refractivity contribution in [3.63, 3.8) is 0 Å². The molecule has 1 aromatic carbocycles. The lowest BCUT2D eigenvalue weighted by Gasteiger charge is -2.28. The number of hydrogen-bond donors (Lipinski definition) is 1. The first kappa shape index (κ1) is 15.7. The smallest absolute Gasteiger partial charge is 0.245 e. The molecule has 1 N–H and O–H groups in total. The molecule has 4 rings (SSSR count). The Bertz CT molecular complexity index is 772. The second-order valence-corrected chi connectivity index (χ2v) is 7.56. The number of carbonyl (C=O) groups excluding carboxylic acids is 1. The number of amides is 1. The summed E-state index contributed by atoms with van der Waals surface area (Å²) in [6.45, 7) is 2.70. The minimum atomic E-state index is -0.114. The Hall–Kier alpha value is -1.79. The summed E-state index contributed by atoms with van der Waals surface area (Å²) in [5.41, 5.74) is 3.67. The van der Waals surface area contributed by atoms with E-state index in [0.29, 0.717) is 0 Å². The van der Waals surface area contributed by atoms with Gasteiger partial charge in [0.2, 0.25) is 5.91 Å². The van der Waals surface area contributed by atoms with Crippen LogP contribution in [0.25, 0.3) is 0 Å². The first-order valence-corrected chi connectivity index (χ1v) is 9.52. The summed E-state index contributed by atoms with van der Waals surface area (Å²) in [7, 11) is 1.89. The van der Waals surface area contributed by atoms with E-state index < -0.39 is 0 Å². The first-order valence-electron chi connectivity index (χ1n) is 8.37. The lowest BCUT2D eigenvalue weighted by atomic mass is 10.0. The molecular weight excluding hydrogens is 320 g/mol. The number of benzene rings is 1. The number of carbonyl (C=O) groups is 1. The van der Waals surface area contributed by atoms with Crippen molar-refractivity contribution in [1.82, 2.24) is 15.1 Å². The highest BCUT2D eigenvalue weighted by atomic mass is 32.2. The van der Waals surface area contributed by atoms with Crippen molar-refractivity contribution < 1.29 is 4.79 Å². The summed E-state index contributed by atoms with van der Waals surface area (Å²) in [6, 6.07) is 10.7. The number of anilines is 1. The molecule has 6 heteroatoms. The Labute approximate surface area is 146 Å². The van der Waals surface area contributed by atoms with Crippen LogP contribution < -0.4 is 10.2 Å². The highest BCUT2D eigenvalue weighted by molar-refractivity contribution is 7.98. The van der Waals surface area contributed by atoms with Crippen LogP contribution in [0.3, 0.4) is 0 Å². The summed E-state index contributed by atoms with van der Waals surface area (Å²) in [6.07, 6.45) is 0.840. The zero-order chi connectivity index (χ0) is 16.7. The molecule has 0 radical (unpaired) electrons. The molecule has 2 atom stereocenters. The number of aryl methyl sites for hydroxylation is 2. The first-order chi connectivity index (χ1) is 11.6. The van der Waals surface area contributed by atoms with Gasteiger partial charge in [-0.3, -0.25) is 19.7 Å². The van der Waals surface area contributed by atoms with Gasteiger partial charge in [-0.1, -0.05) is 24.3 Å². The van der Waals surface area contributed by atoms with E-state index in [1.165, 1.54) is 11.1 Å². The highest BCUT2D eigenvalue weighted by Gasteiger charge is 2.36. The molecule has 1 amide bonds. The van der Waals surface area contributed by atoms with Crippen molar-refractivity contribution in [2.75, 3.05) is 17.2 Å². The SMILES string of the molecule is Cc1cc(N2CC[C@@H](N[C@H]3CSCc4ccccc43)C2=O)n(C)n1. The van der Waals surface area contributed by atoms with E-state index in [-0.39, 0.29) is 18.0 Å². The molecule has 0 bridgehead atoms. The molecule has 5 nitrogen and oxygen atoms in total.